The van der Waals surface area contributed by atoms with Crippen LogP contribution in [0.25, 0.3) is 16.9 Å². The van der Waals surface area contributed by atoms with Gasteiger partial charge in [-0.2, -0.15) is 5.10 Å². The standard InChI is InChI=1S/C24H32N6O3/c1-16-23(17(2)29(3)28-16)18-13-21(27-22(14-18)30-10-9-25-15-30)24(31)26-19-5-7-20(8-6-19)33-12-11-32-4/h9-10,13-15,19-20H,5-8,11-12H2,1-4H3,(H,26,31). The van der Waals surface area contributed by atoms with Crippen molar-refractivity contribution in [1.82, 2.24) is 29.6 Å². The number of aryl methyl sites for hydroxylation is 2. The number of rotatable bonds is 8. The molecular weight excluding hydrogens is 420 g/mol. The number of amides is 1. The summed E-state index contributed by atoms with van der Waals surface area (Å²) in [7, 11) is 3.60. The minimum absolute atomic E-state index is 0.115. The van der Waals surface area contributed by atoms with Crippen molar-refractivity contribution in [3.8, 4) is 16.9 Å². The van der Waals surface area contributed by atoms with Gasteiger partial charge in [-0.3, -0.25) is 14.0 Å². The number of hydrogen-bond acceptors (Lipinski definition) is 6. The minimum Gasteiger partial charge on any atom is -0.382 e. The lowest BCUT2D eigenvalue weighted by Crippen LogP contribution is -2.39. The number of methoxy groups -OCH3 is 1. The SMILES string of the molecule is COCCOC1CCC(NC(=O)c2cc(-c3c(C)nn(C)c3C)cc(-n3ccnc3)n2)CC1. The molecule has 3 aromatic heterocycles. The zero-order valence-electron chi connectivity index (χ0n) is 19.7. The van der Waals surface area contributed by atoms with Gasteiger partial charge >= 0.3 is 0 Å². The van der Waals surface area contributed by atoms with Gasteiger partial charge in [0.15, 0.2) is 0 Å². The van der Waals surface area contributed by atoms with Crippen LogP contribution in [0.5, 0.6) is 0 Å². The van der Waals surface area contributed by atoms with Gasteiger partial charge < -0.3 is 14.8 Å². The van der Waals surface area contributed by atoms with Crippen LogP contribution in [0.1, 0.15) is 47.6 Å². The molecule has 1 amide bonds. The number of pyridine rings is 1. The lowest BCUT2D eigenvalue weighted by Gasteiger charge is -2.29. The molecule has 176 valence electrons. The summed E-state index contributed by atoms with van der Waals surface area (Å²) in [5.41, 5.74) is 4.27. The molecule has 0 saturated heterocycles. The monoisotopic (exact) mass is 452 g/mol. The van der Waals surface area contributed by atoms with Gasteiger partial charge in [0.1, 0.15) is 17.8 Å². The average Bonchev–Trinajstić information content (AvgIpc) is 3.43. The molecule has 0 aromatic carbocycles. The number of nitrogens with zero attached hydrogens (tertiary/aromatic N) is 5. The summed E-state index contributed by atoms with van der Waals surface area (Å²) in [6, 6.07) is 3.94. The summed E-state index contributed by atoms with van der Waals surface area (Å²) in [4.78, 5) is 22.0. The number of carbonyl (C=O) groups is 1. The molecule has 0 aliphatic heterocycles. The maximum atomic E-state index is 13.2. The maximum absolute atomic E-state index is 13.2. The van der Waals surface area contributed by atoms with Crippen LogP contribution in [0.15, 0.2) is 30.9 Å². The summed E-state index contributed by atoms with van der Waals surface area (Å²) in [6.45, 7) is 5.22. The van der Waals surface area contributed by atoms with E-state index in [0.717, 1.165) is 48.2 Å². The van der Waals surface area contributed by atoms with Crippen LogP contribution in [0.3, 0.4) is 0 Å². The van der Waals surface area contributed by atoms with Crippen molar-refractivity contribution >= 4 is 5.91 Å². The van der Waals surface area contributed by atoms with E-state index in [-0.39, 0.29) is 18.1 Å². The Bertz CT molecular complexity index is 1080. The predicted molar refractivity (Wildman–Crippen MR) is 124 cm³/mol. The van der Waals surface area contributed by atoms with E-state index in [0.29, 0.717) is 24.7 Å². The maximum Gasteiger partial charge on any atom is 0.270 e. The topological polar surface area (TPSA) is 96.1 Å². The number of aromatic nitrogens is 5. The number of imidazole rings is 1. The molecule has 33 heavy (non-hydrogen) atoms. The van der Waals surface area contributed by atoms with Gasteiger partial charge in [0.2, 0.25) is 0 Å². The highest BCUT2D eigenvalue weighted by Gasteiger charge is 2.24. The van der Waals surface area contributed by atoms with Gasteiger partial charge in [-0.05, 0) is 57.2 Å². The summed E-state index contributed by atoms with van der Waals surface area (Å²) in [5.74, 6) is 0.481. The van der Waals surface area contributed by atoms with Crippen molar-refractivity contribution < 1.29 is 14.3 Å². The van der Waals surface area contributed by atoms with Gasteiger partial charge in [0.25, 0.3) is 5.91 Å². The third kappa shape index (κ3) is 5.31. The molecule has 9 heteroatoms. The van der Waals surface area contributed by atoms with Crippen LogP contribution in [0, 0.1) is 13.8 Å². The lowest BCUT2D eigenvalue weighted by atomic mass is 9.93. The van der Waals surface area contributed by atoms with E-state index >= 15 is 0 Å². The first-order chi connectivity index (χ1) is 16.0. The van der Waals surface area contributed by atoms with Crippen LogP contribution in [-0.2, 0) is 16.5 Å². The molecule has 1 aliphatic rings. The van der Waals surface area contributed by atoms with Crippen molar-refractivity contribution in [2.75, 3.05) is 20.3 Å². The fourth-order valence-corrected chi connectivity index (χ4v) is 4.43. The molecule has 0 bridgehead atoms. The van der Waals surface area contributed by atoms with E-state index in [4.69, 9.17) is 9.47 Å². The third-order valence-electron chi connectivity index (χ3n) is 6.26. The molecule has 0 radical (unpaired) electrons. The van der Waals surface area contributed by atoms with Crippen molar-refractivity contribution in [3.05, 3.63) is 47.9 Å². The highest BCUT2D eigenvalue weighted by Crippen LogP contribution is 2.29. The Hall–Kier alpha value is -3.04. The van der Waals surface area contributed by atoms with Crippen LogP contribution < -0.4 is 5.32 Å². The van der Waals surface area contributed by atoms with Crippen LogP contribution in [-0.4, -0.2) is 62.7 Å². The Morgan fingerprint density at radius 2 is 1.97 bits per heavy atom. The molecule has 4 rings (SSSR count). The van der Waals surface area contributed by atoms with E-state index < -0.39 is 0 Å². The van der Waals surface area contributed by atoms with Crippen LogP contribution in [0.4, 0.5) is 0 Å². The molecule has 1 aliphatic carbocycles. The summed E-state index contributed by atoms with van der Waals surface area (Å²) in [6.07, 6.45) is 9.06. The van der Waals surface area contributed by atoms with Crippen molar-refractivity contribution in [2.45, 2.75) is 51.7 Å². The molecular formula is C24H32N6O3. The molecule has 0 spiro atoms. The Balaban J connectivity index is 1.53. The van der Waals surface area contributed by atoms with E-state index in [2.05, 4.69) is 20.4 Å². The Labute approximate surface area is 194 Å². The molecule has 3 heterocycles. The molecule has 9 nitrogen and oxygen atoms in total. The summed E-state index contributed by atoms with van der Waals surface area (Å²) in [5, 5.41) is 7.72. The molecule has 3 aromatic rings. The van der Waals surface area contributed by atoms with E-state index in [1.54, 1.807) is 19.6 Å². The second-order valence-electron chi connectivity index (χ2n) is 8.55. The number of carbonyl (C=O) groups excluding carboxylic acids is 1. The smallest absolute Gasteiger partial charge is 0.270 e. The average molecular weight is 453 g/mol. The van der Waals surface area contributed by atoms with Gasteiger partial charge in [0.05, 0.1) is 25.0 Å². The van der Waals surface area contributed by atoms with Crippen LogP contribution >= 0.6 is 0 Å². The van der Waals surface area contributed by atoms with Crippen LogP contribution in [0.2, 0.25) is 0 Å². The highest BCUT2D eigenvalue weighted by molar-refractivity contribution is 5.94. The van der Waals surface area contributed by atoms with Gasteiger partial charge in [-0.15, -0.1) is 0 Å². The zero-order valence-corrected chi connectivity index (χ0v) is 19.7. The van der Waals surface area contributed by atoms with Crippen molar-refractivity contribution in [1.29, 1.82) is 0 Å². The summed E-state index contributed by atoms with van der Waals surface area (Å²) < 4.78 is 14.6. The molecule has 0 atom stereocenters. The lowest BCUT2D eigenvalue weighted by molar-refractivity contribution is -0.00409. The fraction of sp³-hybridized carbons (Fsp3) is 0.500. The first-order valence-corrected chi connectivity index (χ1v) is 11.4. The normalized spacial score (nSPS) is 18.4. The fourth-order valence-electron chi connectivity index (χ4n) is 4.43. The van der Waals surface area contributed by atoms with Gasteiger partial charge in [-0.25, -0.2) is 9.97 Å². The van der Waals surface area contributed by atoms with Crippen molar-refractivity contribution in [3.63, 3.8) is 0 Å². The van der Waals surface area contributed by atoms with Gasteiger partial charge in [0, 0.05) is 43.9 Å². The molecule has 1 fully saturated rings. The first-order valence-electron chi connectivity index (χ1n) is 11.4. The quantitative estimate of drug-likeness (QED) is 0.528. The Morgan fingerprint density at radius 3 is 2.61 bits per heavy atom. The number of hydrogen-bond donors (Lipinski definition) is 1. The van der Waals surface area contributed by atoms with Gasteiger partial charge in [-0.1, -0.05) is 0 Å². The molecule has 1 saturated carbocycles. The minimum atomic E-state index is -0.166. The third-order valence-corrected chi connectivity index (χ3v) is 6.26. The van der Waals surface area contributed by atoms with Crippen molar-refractivity contribution in [2.24, 2.45) is 7.05 Å². The second kappa shape index (κ2) is 10.3. The molecule has 1 N–H and O–H groups in total. The largest absolute Gasteiger partial charge is 0.382 e. The van der Waals surface area contributed by atoms with E-state index in [1.807, 2.05) is 48.5 Å². The van der Waals surface area contributed by atoms with E-state index in [1.165, 1.54) is 0 Å². The Morgan fingerprint density at radius 1 is 1.18 bits per heavy atom. The number of ether oxygens (including phenoxy) is 2. The zero-order chi connectivity index (χ0) is 23.4. The summed E-state index contributed by atoms with van der Waals surface area (Å²) >= 11 is 0. The molecule has 0 unspecified atom stereocenters. The van der Waals surface area contributed by atoms with E-state index in [9.17, 15) is 4.79 Å². The number of nitrogens with one attached hydrogen (secondary N) is 1. The highest BCUT2D eigenvalue weighted by atomic mass is 16.5. The Kier molecular flexibility index (Phi) is 7.20. The first kappa shape index (κ1) is 23.1. The second-order valence-corrected chi connectivity index (χ2v) is 8.55. The predicted octanol–water partition coefficient (Wildman–Crippen LogP) is 2.99.